The zero-order valence-corrected chi connectivity index (χ0v) is 13.3. The molecule has 2 aromatic heterocycles. The fourth-order valence-electron chi connectivity index (χ4n) is 3.11. The summed E-state index contributed by atoms with van der Waals surface area (Å²) >= 11 is 0. The van der Waals surface area contributed by atoms with Crippen molar-refractivity contribution < 1.29 is 4.79 Å². The third-order valence-corrected chi connectivity index (χ3v) is 4.33. The van der Waals surface area contributed by atoms with Gasteiger partial charge in [-0.15, -0.1) is 0 Å². The molecule has 0 bridgehead atoms. The number of benzene rings is 1. The molecule has 1 saturated heterocycles. The van der Waals surface area contributed by atoms with E-state index < -0.39 is 0 Å². The summed E-state index contributed by atoms with van der Waals surface area (Å²) in [4.78, 5) is 23.5. The minimum absolute atomic E-state index is 0.214. The van der Waals surface area contributed by atoms with Crippen LogP contribution in [0.15, 0.2) is 54.9 Å². The summed E-state index contributed by atoms with van der Waals surface area (Å²) in [5.74, 6) is -0.214. The Bertz CT molecular complexity index is 882. The third kappa shape index (κ3) is 2.80. The Balaban J connectivity index is 1.61. The SMILES string of the molecule is O=C(Nc1cccc2cccnc12)c1cc(N2CCCC2)ccn1. The Kier molecular flexibility index (Phi) is 3.83. The van der Waals surface area contributed by atoms with E-state index in [9.17, 15) is 4.79 Å². The van der Waals surface area contributed by atoms with Gasteiger partial charge in [0.1, 0.15) is 5.69 Å². The summed E-state index contributed by atoms with van der Waals surface area (Å²) < 4.78 is 0. The molecule has 5 heteroatoms. The number of pyridine rings is 2. The lowest BCUT2D eigenvalue weighted by atomic mass is 10.2. The van der Waals surface area contributed by atoms with Crippen molar-refractivity contribution in [2.24, 2.45) is 0 Å². The molecule has 0 atom stereocenters. The maximum atomic E-state index is 12.6. The van der Waals surface area contributed by atoms with E-state index in [4.69, 9.17) is 0 Å². The average Bonchev–Trinajstić information content (AvgIpc) is 3.17. The molecule has 1 fully saturated rings. The van der Waals surface area contributed by atoms with Crippen LogP contribution in [0.2, 0.25) is 0 Å². The van der Waals surface area contributed by atoms with Crippen molar-refractivity contribution in [3.63, 3.8) is 0 Å². The predicted octanol–water partition coefficient (Wildman–Crippen LogP) is 3.48. The summed E-state index contributed by atoms with van der Waals surface area (Å²) in [7, 11) is 0. The van der Waals surface area contributed by atoms with Crippen molar-refractivity contribution in [2.45, 2.75) is 12.8 Å². The highest BCUT2D eigenvalue weighted by molar-refractivity contribution is 6.07. The number of nitrogens with zero attached hydrogens (tertiary/aromatic N) is 3. The molecule has 24 heavy (non-hydrogen) atoms. The molecule has 120 valence electrons. The Morgan fingerprint density at radius 1 is 1.00 bits per heavy atom. The Morgan fingerprint density at radius 2 is 1.83 bits per heavy atom. The van der Waals surface area contributed by atoms with Crippen LogP contribution < -0.4 is 10.2 Å². The van der Waals surface area contributed by atoms with E-state index in [1.54, 1.807) is 12.4 Å². The lowest BCUT2D eigenvalue weighted by Gasteiger charge is -2.17. The summed E-state index contributed by atoms with van der Waals surface area (Å²) in [5.41, 5.74) is 2.96. The zero-order valence-electron chi connectivity index (χ0n) is 13.3. The number of hydrogen-bond donors (Lipinski definition) is 1. The fourth-order valence-corrected chi connectivity index (χ4v) is 3.11. The number of carbonyl (C=O) groups excluding carboxylic acids is 1. The van der Waals surface area contributed by atoms with Crippen molar-refractivity contribution in [1.29, 1.82) is 0 Å². The molecule has 0 saturated carbocycles. The van der Waals surface area contributed by atoms with Gasteiger partial charge in [0.05, 0.1) is 11.2 Å². The van der Waals surface area contributed by atoms with E-state index in [-0.39, 0.29) is 5.91 Å². The van der Waals surface area contributed by atoms with Gasteiger partial charge in [-0.1, -0.05) is 18.2 Å². The lowest BCUT2D eigenvalue weighted by Crippen LogP contribution is -2.19. The minimum atomic E-state index is -0.214. The lowest BCUT2D eigenvalue weighted by molar-refractivity contribution is 0.102. The maximum absolute atomic E-state index is 12.6. The zero-order chi connectivity index (χ0) is 16.4. The molecule has 1 aliphatic heterocycles. The second-order valence-corrected chi connectivity index (χ2v) is 5.93. The van der Waals surface area contributed by atoms with Crippen LogP contribution in [0.4, 0.5) is 11.4 Å². The molecule has 5 nitrogen and oxygen atoms in total. The number of para-hydroxylation sites is 1. The average molecular weight is 318 g/mol. The van der Waals surface area contributed by atoms with Crippen molar-refractivity contribution in [3.8, 4) is 0 Å². The predicted molar refractivity (Wildman–Crippen MR) is 95.4 cm³/mol. The van der Waals surface area contributed by atoms with E-state index >= 15 is 0 Å². The molecule has 1 aromatic carbocycles. The van der Waals surface area contributed by atoms with Gasteiger partial charge in [0, 0.05) is 36.6 Å². The summed E-state index contributed by atoms with van der Waals surface area (Å²) in [6.07, 6.45) is 5.82. The van der Waals surface area contributed by atoms with Crippen molar-refractivity contribution in [1.82, 2.24) is 9.97 Å². The number of anilines is 2. The molecule has 1 aliphatic rings. The Hall–Kier alpha value is -2.95. The van der Waals surface area contributed by atoms with Gasteiger partial charge in [-0.3, -0.25) is 14.8 Å². The minimum Gasteiger partial charge on any atom is -0.371 e. The highest BCUT2D eigenvalue weighted by Crippen LogP contribution is 2.23. The van der Waals surface area contributed by atoms with Gasteiger partial charge in [0.15, 0.2) is 0 Å². The van der Waals surface area contributed by atoms with Gasteiger partial charge in [0.25, 0.3) is 5.91 Å². The van der Waals surface area contributed by atoms with Gasteiger partial charge in [-0.2, -0.15) is 0 Å². The molecule has 0 aliphatic carbocycles. The first-order chi connectivity index (χ1) is 11.8. The van der Waals surface area contributed by atoms with Gasteiger partial charge < -0.3 is 10.2 Å². The normalized spacial score (nSPS) is 14.1. The van der Waals surface area contributed by atoms with Gasteiger partial charge in [-0.05, 0) is 37.1 Å². The van der Waals surface area contributed by atoms with Crippen LogP contribution >= 0.6 is 0 Å². The Morgan fingerprint density at radius 3 is 2.71 bits per heavy atom. The second kappa shape index (κ2) is 6.28. The second-order valence-electron chi connectivity index (χ2n) is 5.93. The molecule has 1 amide bonds. The monoisotopic (exact) mass is 318 g/mol. The molecule has 1 N–H and O–H groups in total. The maximum Gasteiger partial charge on any atom is 0.274 e. The number of hydrogen-bond acceptors (Lipinski definition) is 4. The number of rotatable bonds is 3. The van der Waals surface area contributed by atoms with Gasteiger partial charge in [-0.25, -0.2) is 0 Å². The molecule has 0 radical (unpaired) electrons. The van der Waals surface area contributed by atoms with E-state index in [1.165, 1.54) is 12.8 Å². The van der Waals surface area contributed by atoms with Crippen LogP contribution in [0.3, 0.4) is 0 Å². The smallest absolute Gasteiger partial charge is 0.274 e. The molecular formula is C19H18N4O. The van der Waals surface area contributed by atoms with Crippen LogP contribution in [0, 0.1) is 0 Å². The van der Waals surface area contributed by atoms with Crippen LogP contribution in [0.1, 0.15) is 23.3 Å². The van der Waals surface area contributed by atoms with E-state index in [0.29, 0.717) is 11.4 Å². The van der Waals surface area contributed by atoms with Gasteiger partial charge in [0.2, 0.25) is 0 Å². The van der Waals surface area contributed by atoms with E-state index in [0.717, 1.165) is 29.7 Å². The molecule has 3 heterocycles. The van der Waals surface area contributed by atoms with Crippen molar-refractivity contribution in [2.75, 3.05) is 23.3 Å². The highest BCUT2D eigenvalue weighted by Gasteiger charge is 2.15. The molecule has 0 unspecified atom stereocenters. The van der Waals surface area contributed by atoms with Crippen LogP contribution in [0.25, 0.3) is 10.9 Å². The van der Waals surface area contributed by atoms with Crippen LogP contribution in [0.5, 0.6) is 0 Å². The van der Waals surface area contributed by atoms with E-state index in [2.05, 4.69) is 20.2 Å². The largest absolute Gasteiger partial charge is 0.371 e. The molecule has 4 rings (SSSR count). The van der Waals surface area contributed by atoms with Crippen LogP contribution in [-0.4, -0.2) is 29.0 Å². The molecule has 3 aromatic rings. The molecule has 0 spiro atoms. The first-order valence-corrected chi connectivity index (χ1v) is 8.17. The summed E-state index contributed by atoms with van der Waals surface area (Å²) in [6, 6.07) is 13.4. The fraction of sp³-hybridized carbons (Fsp3) is 0.211. The summed E-state index contributed by atoms with van der Waals surface area (Å²) in [5, 5.41) is 3.93. The van der Waals surface area contributed by atoms with E-state index in [1.807, 2.05) is 42.5 Å². The van der Waals surface area contributed by atoms with Crippen LogP contribution in [-0.2, 0) is 0 Å². The number of aromatic nitrogens is 2. The van der Waals surface area contributed by atoms with Crippen molar-refractivity contribution >= 4 is 28.2 Å². The quantitative estimate of drug-likeness (QED) is 0.803. The highest BCUT2D eigenvalue weighted by atomic mass is 16.1. The van der Waals surface area contributed by atoms with Gasteiger partial charge >= 0.3 is 0 Å². The first kappa shape index (κ1) is 14.6. The van der Waals surface area contributed by atoms with Crippen molar-refractivity contribution in [3.05, 3.63) is 60.6 Å². The number of fused-ring (bicyclic) bond motifs is 1. The third-order valence-electron chi connectivity index (χ3n) is 4.33. The molecular weight excluding hydrogens is 300 g/mol. The first-order valence-electron chi connectivity index (χ1n) is 8.17. The number of nitrogens with one attached hydrogen (secondary N) is 1. The standard InChI is InChI=1S/C19H18N4O/c24-19(17-13-15(8-10-20-17)23-11-1-2-12-23)22-16-7-3-5-14-6-4-9-21-18(14)16/h3-10,13H,1-2,11-12H2,(H,22,24). The number of amides is 1. The number of carbonyl (C=O) groups is 1. The summed E-state index contributed by atoms with van der Waals surface area (Å²) in [6.45, 7) is 2.08. The topological polar surface area (TPSA) is 58.1 Å². The Labute approximate surface area is 140 Å².